The van der Waals surface area contributed by atoms with E-state index < -0.39 is 9.84 Å². The van der Waals surface area contributed by atoms with Gasteiger partial charge in [-0.05, 0) is 25.3 Å². The number of rotatable bonds is 5. The van der Waals surface area contributed by atoms with Crippen molar-refractivity contribution in [1.29, 1.82) is 0 Å². The Labute approximate surface area is 166 Å². The summed E-state index contributed by atoms with van der Waals surface area (Å²) >= 11 is 0. The van der Waals surface area contributed by atoms with Gasteiger partial charge in [-0.3, -0.25) is 9.69 Å². The van der Waals surface area contributed by atoms with E-state index in [9.17, 15) is 13.2 Å². The number of amides is 1. The number of hydrogen-bond acceptors (Lipinski definition) is 7. The summed E-state index contributed by atoms with van der Waals surface area (Å²) in [5.74, 6) is 1.17. The van der Waals surface area contributed by atoms with Crippen LogP contribution in [0.25, 0.3) is 0 Å². The number of aromatic nitrogens is 2. The van der Waals surface area contributed by atoms with Gasteiger partial charge >= 0.3 is 0 Å². The molecule has 0 unspecified atom stereocenters. The van der Waals surface area contributed by atoms with Gasteiger partial charge in [0.05, 0.1) is 18.1 Å². The Morgan fingerprint density at radius 2 is 1.71 bits per heavy atom. The van der Waals surface area contributed by atoms with E-state index in [-0.39, 0.29) is 29.5 Å². The van der Waals surface area contributed by atoms with Crippen LogP contribution in [-0.2, 0) is 14.6 Å². The molecular weight excluding hydrogens is 378 g/mol. The highest BCUT2D eigenvalue weighted by atomic mass is 32.2. The Balaban J connectivity index is 1.37. The van der Waals surface area contributed by atoms with Gasteiger partial charge in [-0.25, -0.2) is 18.4 Å². The van der Waals surface area contributed by atoms with Crippen molar-refractivity contribution in [2.24, 2.45) is 0 Å². The minimum absolute atomic E-state index is 0.0958. The molecule has 28 heavy (non-hydrogen) atoms. The van der Waals surface area contributed by atoms with Gasteiger partial charge in [0.15, 0.2) is 9.84 Å². The van der Waals surface area contributed by atoms with Gasteiger partial charge in [-0.1, -0.05) is 12.8 Å². The van der Waals surface area contributed by atoms with E-state index in [1.54, 1.807) is 18.5 Å². The molecule has 0 spiro atoms. The third-order valence-electron chi connectivity index (χ3n) is 6.17. The van der Waals surface area contributed by atoms with Gasteiger partial charge in [0.1, 0.15) is 0 Å². The van der Waals surface area contributed by atoms with Crippen LogP contribution < -0.4 is 4.90 Å². The lowest BCUT2D eigenvalue weighted by molar-refractivity contribution is -0.137. The summed E-state index contributed by atoms with van der Waals surface area (Å²) in [5.41, 5.74) is 0. The lowest BCUT2D eigenvalue weighted by Crippen LogP contribution is -2.54. The Kier molecular flexibility index (Phi) is 5.82. The molecule has 0 N–H and O–H groups in total. The van der Waals surface area contributed by atoms with Crippen molar-refractivity contribution in [1.82, 2.24) is 19.8 Å². The summed E-state index contributed by atoms with van der Waals surface area (Å²) < 4.78 is 24.0. The molecular formula is C19H29N5O3S. The molecule has 154 valence electrons. The van der Waals surface area contributed by atoms with Gasteiger partial charge in [-0.15, -0.1) is 0 Å². The number of anilines is 1. The highest BCUT2D eigenvalue weighted by molar-refractivity contribution is 7.91. The maximum atomic E-state index is 13.2. The van der Waals surface area contributed by atoms with Crippen LogP contribution in [0.4, 0.5) is 5.95 Å². The average molecular weight is 408 g/mol. The zero-order valence-corrected chi connectivity index (χ0v) is 17.1. The fourth-order valence-electron chi connectivity index (χ4n) is 4.72. The van der Waals surface area contributed by atoms with Crippen LogP contribution in [0.1, 0.15) is 32.1 Å². The Bertz CT molecular complexity index is 774. The molecule has 9 heteroatoms. The van der Waals surface area contributed by atoms with E-state index >= 15 is 0 Å². The summed E-state index contributed by atoms with van der Waals surface area (Å²) in [6.45, 7) is 3.52. The normalized spacial score (nSPS) is 25.9. The predicted molar refractivity (Wildman–Crippen MR) is 107 cm³/mol. The van der Waals surface area contributed by atoms with E-state index in [4.69, 9.17) is 0 Å². The summed E-state index contributed by atoms with van der Waals surface area (Å²) in [7, 11) is -3.00. The predicted octanol–water partition coefficient (Wildman–Crippen LogP) is 0.557. The minimum atomic E-state index is -3.00. The van der Waals surface area contributed by atoms with Gasteiger partial charge < -0.3 is 9.80 Å². The molecule has 8 nitrogen and oxygen atoms in total. The fourth-order valence-corrected chi connectivity index (χ4v) is 6.43. The molecule has 1 atom stereocenters. The standard InChI is InChI=1S/C19H29N5O3S/c25-18(14-22-9-11-23(12-10-22)19-20-7-3-8-21-19)24(16-4-1-2-5-16)17-6-13-28(26,27)15-17/h3,7-8,16-17H,1-2,4-6,9-15H2/t17-/m1/s1. The SMILES string of the molecule is O=C(CN1CCN(c2ncccn2)CC1)N(C1CCCC1)[C@@H]1CCS(=O)(=O)C1. The second-order valence-electron chi connectivity index (χ2n) is 8.11. The quantitative estimate of drug-likeness (QED) is 0.705. The molecule has 0 bridgehead atoms. The van der Waals surface area contributed by atoms with E-state index in [2.05, 4.69) is 19.8 Å². The van der Waals surface area contributed by atoms with Crippen LogP contribution >= 0.6 is 0 Å². The summed E-state index contributed by atoms with van der Waals surface area (Å²) in [4.78, 5) is 28.1. The zero-order valence-electron chi connectivity index (χ0n) is 16.2. The van der Waals surface area contributed by atoms with E-state index in [1.165, 1.54) is 0 Å². The second kappa shape index (κ2) is 8.32. The van der Waals surface area contributed by atoms with Gasteiger partial charge in [0, 0.05) is 50.7 Å². The first kappa shape index (κ1) is 19.6. The van der Waals surface area contributed by atoms with Crippen molar-refractivity contribution >= 4 is 21.7 Å². The molecule has 1 aromatic heterocycles. The number of carbonyl (C=O) groups is 1. The molecule has 3 fully saturated rings. The molecule has 3 aliphatic rings. The van der Waals surface area contributed by atoms with Crippen LogP contribution in [-0.4, -0.2) is 90.4 Å². The fraction of sp³-hybridized carbons (Fsp3) is 0.737. The smallest absolute Gasteiger partial charge is 0.237 e. The molecule has 2 saturated heterocycles. The van der Waals surface area contributed by atoms with Crippen molar-refractivity contribution in [2.45, 2.75) is 44.2 Å². The molecule has 3 heterocycles. The van der Waals surface area contributed by atoms with Crippen molar-refractivity contribution in [2.75, 3.05) is 49.1 Å². The molecule has 2 aliphatic heterocycles. The Morgan fingerprint density at radius 3 is 2.32 bits per heavy atom. The van der Waals surface area contributed by atoms with Crippen molar-refractivity contribution in [3.05, 3.63) is 18.5 Å². The van der Waals surface area contributed by atoms with E-state index in [1.807, 2.05) is 4.90 Å². The first-order valence-electron chi connectivity index (χ1n) is 10.3. The summed E-state index contributed by atoms with van der Waals surface area (Å²) in [6.07, 6.45) is 8.33. The molecule has 0 radical (unpaired) electrons. The van der Waals surface area contributed by atoms with Crippen LogP contribution in [0, 0.1) is 0 Å². The zero-order chi connectivity index (χ0) is 19.6. The Morgan fingerprint density at radius 1 is 1.04 bits per heavy atom. The molecule has 0 aromatic carbocycles. The number of piperazine rings is 1. The lowest BCUT2D eigenvalue weighted by Gasteiger charge is -2.38. The largest absolute Gasteiger partial charge is 0.338 e. The Hall–Kier alpha value is -1.74. The van der Waals surface area contributed by atoms with Crippen LogP contribution in [0.15, 0.2) is 18.5 Å². The minimum Gasteiger partial charge on any atom is -0.338 e. The molecule has 4 rings (SSSR count). The molecule has 1 aromatic rings. The highest BCUT2D eigenvalue weighted by Gasteiger charge is 2.39. The third-order valence-corrected chi connectivity index (χ3v) is 7.92. The number of hydrogen-bond donors (Lipinski definition) is 0. The van der Waals surface area contributed by atoms with Gasteiger partial charge in [-0.2, -0.15) is 0 Å². The first-order chi connectivity index (χ1) is 13.5. The molecule has 1 aliphatic carbocycles. The molecule has 1 amide bonds. The second-order valence-corrected chi connectivity index (χ2v) is 10.3. The molecule has 1 saturated carbocycles. The van der Waals surface area contributed by atoms with Gasteiger partial charge in [0.25, 0.3) is 0 Å². The third kappa shape index (κ3) is 4.46. The number of nitrogens with zero attached hydrogens (tertiary/aromatic N) is 5. The summed E-state index contributed by atoms with van der Waals surface area (Å²) in [5, 5.41) is 0. The maximum absolute atomic E-state index is 13.2. The number of sulfone groups is 1. The number of carbonyl (C=O) groups excluding carboxylic acids is 1. The summed E-state index contributed by atoms with van der Waals surface area (Å²) in [6, 6.07) is 1.88. The van der Waals surface area contributed by atoms with E-state index in [0.29, 0.717) is 13.0 Å². The van der Waals surface area contributed by atoms with Crippen LogP contribution in [0.3, 0.4) is 0 Å². The highest BCUT2D eigenvalue weighted by Crippen LogP contribution is 2.29. The van der Waals surface area contributed by atoms with E-state index in [0.717, 1.165) is 57.8 Å². The lowest BCUT2D eigenvalue weighted by atomic mass is 10.1. The van der Waals surface area contributed by atoms with Crippen molar-refractivity contribution < 1.29 is 13.2 Å². The maximum Gasteiger partial charge on any atom is 0.237 e. The van der Waals surface area contributed by atoms with Crippen molar-refractivity contribution in [3.63, 3.8) is 0 Å². The topological polar surface area (TPSA) is 86.7 Å². The van der Waals surface area contributed by atoms with Crippen LogP contribution in [0.5, 0.6) is 0 Å². The average Bonchev–Trinajstić information content (AvgIpc) is 3.33. The van der Waals surface area contributed by atoms with Crippen molar-refractivity contribution in [3.8, 4) is 0 Å². The monoisotopic (exact) mass is 407 g/mol. The van der Waals surface area contributed by atoms with Crippen LogP contribution in [0.2, 0.25) is 0 Å². The first-order valence-corrected chi connectivity index (χ1v) is 12.1. The van der Waals surface area contributed by atoms with Gasteiger partial charge in [0.2, 0.25) is 11.9 Å².